The number of benzene rings is 1. The molecule has 0 aliphatic carbocycles. The van der Waals surface area contributed by atoms with Crippen molar-refractivity contribution in [2.75, 3.05) is 12.4 Å². The van der Waals surface area contributed by atoms with Crippen LogP contribution in [-0.2, 0) is 15.0 Å². The Bertz CT molecular complexity index is 951. The van der Waals surface area contributed by atoms with Gasteiger partial charge in [0.1, 0.15) is 5.41 Å². The molecule has 0 bridgehead atoms. The number of rotatable bonds is 3. The van der Waals surface area contributed by atoms with Gasteiger partial charge in [0.25, 0.3) is 0 Å². The standard InChI is InChI=1S/C22H26ClN3O3/c1-21(2,3)10-16-22(14-6-5-13(23)9-15(14)25-20(22)28)17(12-7-8-29-11-12)18(26-16)19(27)24-4/h5-9,11,16-18,26H,10H2,1-4H3,(H,24,27)(H,25,28)/t16?,17-,18+,22-/m0/s1. The molecule has 3 N–H and O–H groups in total. The molecule has 2 aromatic rings. The number of likely N-dealkylation sites (N-methyl/N-ethyl adjacent to an activating group) is 1. The van der Waals surface area contributed by atoms with Gasteiger partial charge in [0.05, 0.1) is 18.6 Å². The molecule has 6 nitrogen and oxygen atoms in total. The van der Waals surface area contributed by atoms with E-state index in [-0.39, 0.29) is 23.3 Å². The summed E-state index contributed by atoms with van der Waals surface area (Å²) < 4.78 is 5.36. The zero-order chi connectivity index (χ0) is 21.0. The molecule has 1 aromatic heterocycles. The SMILES string of the molecule is CNC(=O)[C@@H]1NC(CC(C)(C)C)[C@]2(C(=O)Nc3cc(Cl)ccc32)[C@H]1c1ccoc1. The minimum Gasteiger partial charge on any atom is -0.472 e. The molecule has 0 radical (unpaired) electrons. The van der Waals surface area contributed by atoms with Crippen LogP contribution in [-0.4, -0.2) is 30.9 Å². The van der Waals surface area contributed by atoms with Crippen molar-refractivity contribution in [2.45, 2.75) is 50.6 Å². The molecule has 1 spiro atoms. The Labute approximate surface area is 175 Å². The van der Waals surface area contributed by atoms with Gasteiger partial charge in [0.15, 0.2) is 0 Å². The Balaban J connectivity index is 1.97. The third-order valence-corrected chi connectivity index (χ3v) is 6.29. The molecule has 154 valence electrons. The molecule has 2 amide bonds. The molecular formula is C22H26ClN3O3. The average Bonchev–Trinajstić information content (AvgIpc) is 3.32. The molecule has 7 heteroatoms. The summed E-state index contributed by atoms with van der Waals surface area (Å²) in [6.45, 7) is 6.41. The molecule has 1 fully saturated rings. The quantitative estimate of drug-likeness (QED) is 0.717. The Kier molecular flexibility index (Phi) is 4.74. The highest BCUT2D eigenvalue weighted by molar-refractivity contribution is 6.31. The molecule has 1 saturated heterocycles. The Morgan fingerprint density at radius 3 is 2.69 bits per heavy atom. The Morgan fingerprint density at radius 2 is 2.07 bits per heavy atom. The number of nitrogens with one attached hydrogen (secondary N) is 3. The molecule has 1 unspecified atom stereocenters. The second kappa shape index (κ2) is 6.89. The van der Waals surface area contributed by atoms with Gasteiger partial charge in [-0.2, -0.15) is 0 Å². The summed E-state index contributed by atoms with van der Waals surface area (Å²) in [5, 5.41) is 9.85. The van der Waals surface area contributed by atoms with Gasteiger partial charge in [0.2, 0.25) is 11.8 Å². The van der Waals surface area contributed by atoms with Gasteiger partial charge in [-0.3, -0.25) is 9.59 Å². The largest absolute Gasteiger partial charge is 0.472 e. The fourth-order valence-electron chi connectivity index (χ4n) is 5.03. The number of furan rings is 1. The van der Waals surface area contributed by atoms with Crippen molar-refractivity contribution >= 4 is 29.1 Å². The first-order valence-corrected chi connectivity index (χ1v) is 10.2. The number of fused-ring (bicyclic) bond motifs is 2. The van der Waals surface area contributed by atoms with E-state index in [1.54, 1.807) is 31.7 Å². The Morgan fingerprint density at radius 1 is 1.31 bits per heavy atom. The van der Waals surface area contributed by atoms with Crippen molar-refractivity contribution < 1.29 is 14.0 Å². The number of carbonyl (C=O) groups is 2. The van der Waals surface area contributed by atoms with E-state index in [0.717, 1.165) is 11.1 Å². The third-order valence-electron chi connectivity index (χ3n) is 6.05. The zero-order valence-electron chi connectivity index (χ0n) is 17.0. The van der Waals surface area contributed by atoms with Crippen molar-refractivity contribution in [3.8, 4) is 0 Å². The molecular weight excluding hydrogens is 390 g/mol. The number of anilines is 1. The lowest BCUT2D eigenvalue weighted by Crippen LogP contribution is -2.49. The molecule has 0 saturated carbocycles. The number of hydrogen-bond donors (Lipinski definition) is 3. The molecule has 4 rings (SSSR count). The lowest BCUT2D eigenvalue weighted by atomic mass is 9.63. The summed E-state index contributed by atoms with van der Waals surface area (Å²) >= 11 is 6.20. The van der Waals surface area contributed by atoms with Crippen LogP contribution >= 0.6 is 11.6 Å². The zero-order valence-corrected chi connectivity index (χ0v) is 17.8. The second-order valence-corrected chi connectivity index (χ2v) is 9.56. The van der Waals surface area contributed by atoms with Gasteiger partial charge in [-0.25, -0.2) is 0 Å². The van der Waals surface area contributed by atoms with Gasteiger partial charge in [-0.05, 0) is 41.2 Å². The number of halogens is 1. The van der Waals surface area contributed by atoms with E-state index in [1.807, 2.05) is 12.1 Å². The van der Waals surface area contributed by atoms with Crippen LogP contribution in [0, 0.1) is 5.41 Å². The highest BCUT2D eigenvalue weighted by Crippen LogP contribution is 2.56. The number of carbonyl (C=O) groups excluding carboxylic acids is 2. The Hall–Kier alpha value is -2.31. The molecule has 29 heavy (non-hydrogen) atoms. The molecule has 2 aliphatic heterocycles. The minimum absolute atomic E-state index is 0.0569. The number of amides is 2. The predicted molar refractivity (Wildman–Crippen MR) is 112 cm³/mol. The average molecular weight is 416 g/mol. The normalized spacial score (nSPS) is 28.4. The number of hydrogen-bond acceptors (Lipinski definition) is 4. The van der Waals surface area contributed by atoms with E-state index >= 15 is 0 Å². The molecule has 2 aliphatic rings. The summed E-state index contributed by atoms with van der Waals surface area (Å²) in [5.41, 5.74) is 1.38. The van der Waals surface area contributed by atoms with E-state index < -0.39 is 17.4 Å². The van der Waals surface area contributed by atoms with Gasteiger partial charge in [-0.15, -0.1) is 0 Å². The topological polar surface area (TPSA) is 83.4 Å². The van der Waals surface area contributed by atoms with E-state index in [1.165, 1.54) is 0 Å². The van der Waals surface area contributed by atoms with Gasteiger partial charge < -0.3 is 20.4 Å². The lowest BCUT2D eigenvalue weighted by molar-refractivity contribution is -0.123. The maximum absolute atomic E-state index is 13.7. The van der Waals surface area contributed by atoms with Crippen molar-refractivity contribution in [2.24, 2.45) is 5.41 Å². The van der Waals surface area contributed by atoms with Crippen LogP contribution in [0.5, 0.6) is 0 Å². The summed E-state index contributed by atoms with van der Waals surface area (Å²) in [7, 11) is 1.61. The summed E-state index contributed by atoms with van der Waals surface area (Å²) in [4.78, 5) is 26.6. The maximum atomic E-state index is 13.7. The highest BCUT2D eigenvalue weighted by Gasteiger charge is 2.65. The molecule has 3 heterocycles. The summed E-state index contributed by atoms with van der Waals surface area (Å²) in [6, 6.07) is 6.51. The minimum atomic E-state index is -0.950. The fourth-order valence-corrected chi connectivity index (χ4v) is 5.20. The maximum Gasteiger partial charge on any atom is 0.237 e. The van der Waals surface area contributed by atoms with E-state index in [2.05, 4.69) is 36.7 Å². The monoisotopic (exact) mass is 415 g/mol. The van der Waals surface area contributed by atoms with E-state index in [4.69, 9.17) is 16.0 Å². The van der Waals surface area contributed by atoms with Gasteiger partial charge >= 0.3 is 0 Å². The van der Waals surface area contributed by atoms with Crippen LogP contribution in [0.1, 0.15) is 44.2 Å². The highest BCUT2D eigenvalue weighted by atomic mass is 35.5. The first-order valence-electron chi connectivity index (χ1n) is 9.79. The van der Waals surface area contributed by atoms with E-state index in [9.17, 15) is 9.59 Å². The van der Waals surface area contributed by atoms with Crippen LogP contribution in [0.2, 0.25) is 5.02 Å². The van der Waals surface area contributed by atoms with Crippen LogP contribution < -0.4 is 16.0 Å². The molecule has 4 atom stereocenters. The van der Waals surface area contributed by atoms with Crippen LogP contribution in [0.25, 0.3) is 0 Å². The van der Waals surface area contributed by atoms with Gasteiger partial charge in [0, 0.05) is 29.7 Å². The summed E-state index contributed by atoms with van der Waals surface area (Å²) in [5.74, 6) is -0.688. The fraction of sp³-hybridized carbons (Fsp3) is 0.455. The second-order valence-electron chi connectivity index (χ2n) is 9.12. The van der Waals surface area contributed by atoms with E-state index in [0.29, 0.717) is 17.1 Å². The lowest BCUT2D eigenvalue weighted by Gasteiger charge is -2.37. The smallest absolute Gasteiger partial charge is 0.237 e. The van der Waals surface area contributed by atoms with Crippen LogP contribution in [0.4, 0.5) is 5.69 Å². The first kappa shape index (κ1) is 20.0. The van der Waals surface area contributed by atoms with Gasteiger partial charge in [-0.1, -0.05) is 38.4 Å². The van der Waals surface area contributed by atoms with Crippen molar-refractivity contribution in [3.05, 3.63) is 52.9 Å². The van der Waals surface area contributed by atoms with Crippen LogP contribution in [0.3, 0.4) is 0 Å². The van der Waals surface area contributed by atoms with Crippen molar-refractivity contribution in [1.82, 2.24) is 10.6 Å². The first-order chi connectivity index (χ1) is 13.7. The summed E-state index contributed by atoms with van der Waals surface area (Å²) in [6.07, 6.45) is 3.92. The molecule has 1 aromatic carbocycles. The third kappa shape index (κ3) is 3.06. The van der Waals surface area contributed by atoms with Crippen molar-refractivity contribution in [3.63, 3.8) is 0 Å². The predicted octanol–water partition coefficient (Wildman–Crippen LogP) is 3.43. The van der Waals surface area contributed by atoms with Crippen molar-refractivity contribution in [1.29, 1.82) is 0 Å². The van der Waals surface area contributed by atoms with Crippen LogP contribution in [0.15, 0.2) is 41.2 Å².